The van der Waals surface area contributed by atoms with Crippen LogP contribution >= 0.6 is 0 Å². The second-order valence-electron chi connectivity index (χ2n) is 9.62. The third kappa shape index (κ3) is 5.97. The standard InChI is InChI=1S/C29H31N5O3/c1-19(2)34-28-25(17-31-34)24(16-26(33-28)21-6-4-3-5-7-21)29(36)30-15-14-20-8-12-23(13-9-20)37-18-27(35)32-22-10-11-22/h3-9,12-13,16-17,19,22H,10-11,14-15,18H2,1-2H3,(H,30,36)(H,32,35). The Kier molecular flexibility index (Phi) is 7.16. The van der Waals surface area contributed by atoms with E-state index >= 15 is 0 Å². The first-order valence-electron chi connectivity index (χ1n) is 12.7. The van der Waals surface area contributed by atoms with E-state index in [1.54, 1.807) is 6.20 Å². The number of carbonyl (C=O) groups excluding carboxylic acids is 2. The lowest BCUT2D eigenvalue weighted by atomic mass is 10.1. The topological polar surface area (TPSA) is 98.1 Å². The van der Waals surface area contributed by atoms with Gasteiger partial charge in [0.15, 0.2) is 12.3 Å². The van der Waals surface area contributed by atoms with Crippen LogP contribution in [0.2, 0.25) is 0 Å². The molecule has 4 aromatic rings. The van der Waals surface area contributed by atoms with Crippen molar-refractivity contribution in [3.63, 3.8) is 0 Å². The van der Waals surface area contributed by atoms with E-state index in [1.807, 2.05) is 79.2 Å². The van der Waals surface area contributed by atoms with Gasteiger partial charge in [0.1, 0.15) is 5.75 Å². The molecule has 5 rings (SSSR count). The number of rotatable bonds is 10. The number of amides is 2. The lowest BCUT2D eigenvalue weighted by Gasteiger charge is -2.11. The molecule has 0 unspecified atom stereocenters. The van der Waals surface area contributed by atoms with Crippen LogP contribution in [0.25, 0.3) is 22.3 Å². The predicted octanol–water partition coefficient (Wildman–Crippen LogP) is 4.31. The molecule has 2 aromatic heterocycles. The number of benzene rings is 2. The fourth-order valence-corrected chi connectivity index (χ4v) is 4.15. The number of nitrogens with zero attached hydrogens (tertiary/aromatic N) is 3. The normalized spacial score (nSPS) is 13.1. The van der Waals surface area contributed by atoms with Crippen LogP contribution in [0.5, 0.6) is 5.75 Å². The van der Waals surface area contributed by atoms with Crippen LogP contribution in [-0.2, 0) is 11.2 Å². The molecule has 1 aliphatic carbocycles. The van der Waals surface area contributed by atoms with Gasteiger partial charge in [0, 0.05) is 24.2 Å². The Hall–Kier alpha value is -4.20. The van der Waals surface area contributed by atoms with Gasteiger partial charge in [-0.15, -0.1) is 0 Å². The van der Waals surface area contributed by atoms with Gasteiger partial charge < -0.3 is 15.4 Å². The molecule has 1 aliphatic rings. The molecule has 8 nitrogen and oxygen atoms in total. The van der Waals surface area contributed by atoms with Crippen molar-refractivity contribution >= 4 is 22.8 Å². The minimum absolute atomic E-state index is 0.0185. The number of carbonyl (C=O) groups is 2. The highest BCUT2D eigenvalue weighted by atomic mass is 16.5. The van der Waals surface area contributed by atoms with Crippen molar-refractivity contribution in [3.05, 3.63) is 78.0 Å². The minimum Gasteiger partial charge on any atom is -0.484 e. The first-order valence-corrected chi connectivity index (χ1v) is 12.7. The molecule has 1 fully saturated rings. The zero-order valence-corrected chi connectivity index (χ0v) is 21.1. The zero-order chi connectivity index (χ0) is 25.8. The van der Waals surface area contributed by atoms with Crippen molar-refractivity contribution < 1.29 is 14.3 Å². The number of fused-ring (bicyclic) bond motifs is 1. The fourth-order valence-electron chi connectivity index (χ4n) is 4.15. The van der Waals surface area contributed by atoms with E-state index in [1.165, 1.54) is 0 Å². The fraction of sp³-hybridized carbons (Fsp3) is 0.310. The van der Waals surface area contributed by atoms with E-state index in [0.717, 1.165) is 35.0 Å². The Balaban J connectivity index is 1.24. The molecule has 2 amide bonds. The van der Waals surface area contributed by atoms with Crippen LogP contribution in [0.15, 0.2) is 66.9 Å². The first kappa shape index (κ1) is 24.5. The lowest BCUT2D eigenvalue weighted by Crippen LogP contribution is -2.30. The number of hydrogen-bond acceptors (Lipinski definition) is 5. The molecule has 1 saturated carbocycles. The summed E-state index contributed by atoms with van der Waals surface area (Å²) < 4.78 is 7.41. The van der Waals surface area contributed by atoms with Gasteiger partial charge in [0.2, 0.25) is 0 Å². The van der Waals surface area contributed by atoms with Crippen molar-refractivity contribution in [2.24, 2.45) is 0 Å². The van der Waals surface area contributed by atoms with E-state index in [9.17, 15) is 9.59 Å². The molecule has 0 aliphatic heterocycles. The van der Waals surface area contributed by atoms with Gasteiger partial charge in [-0.2, -0.15) is 5.10 Å². The van der Waals surface area contributed by atoms with E-state index in [0.29, 0.717) is 36.0 Å². The summed E-state index contributed by atoms with van der Waals surface area (Å²) in [6.07, 6.45) is 4.49. The van der Waals surface area contributed by atoms with E-state index in [4.69, 9.17) is 9.72 Å². The predicted molar refractivity (Wildman–Crippen MR) is 142 cm³/mol. The number of hydrogen-bond donors (Lipinski definition) is 2. The highest BCUT2D eigenvalue weighted by Crippen LogP contribution is 2.26. The minimum atomic E-state index is -0.158. The summed E-state index contributed by atoms with van der Waals surface area (Å²) in [7, 11) is 0. The summed E-state index contributed by atoms with van der Waals surface area (Å²) in [6, 6.07) is 19.7. The number of aromatic nitrogens is 3. The summed E-state index contributed by atoms with van der Waals surface area (Å²) in [4.78, 5) is 29.9. The molecule has 2 aromatic carbocycles. The quantitative estimate of drug-likeness (QED) is 0.340. The van der Waals surface area contributed by atoms with Gasteiger partial charge in [-0.05, 0) is 56.9 Å². The number of ether oxygens (including phenoxy) is 1. The van der Waals surface area contributed by atoms with Crippen molar-refractivity contribution in [1.82, 2.24) is 25.4 Å². The van der Waals surface area contributed by atoms with Gasteiger partial charge in [-0.3, -0.25) is 9.59 Å². The van der Waals surface area contributed by atoms with Crippen LogP contribution < -0.4 is 15.4 Å². The summed E-state index contributed by atoms with van der Waals surface area (Å²) >= 11 is 0. The molecule has 0 spiro atoms. The molecule has 2 N–H and O–H groups in total. The van der Waals surface area contributed by atoms with Gasteiger partial charge in [-0.1, -0.05) is 42.5 Å². The van der Waals surface area contributed by atoms with Gasteiger partial charge in [-0.25, -0.2) is 9.67 Å². The summed E-state index contributed by atoms with van der Waals surface area (Å²) in [5, 5.41) is 11.2. The molecular weight excluding hydrogens is 466 g/mol. The smallest absolute Gasteiger partial charge is 0.258 e. The average molecular weight is 498 g/mol. The van der Waals surface area contributed by atoms with Crippen LogP contribution in [0.4, 0.5) is 0 Å². The molecule has 8 heteroatoms. The first-order chi connectivity index (χ1) is 18.0. The summed E-state index contributed by atoms with van der Waals surface area (Å²) in [5.74, 6) is 0.400. The highest BCUT2D eigenvalue weighted by molar-refractivity contribution is 6.06. The van der Waals surface area contributed by atoms with Crippen molar-refractivity contribution in [2.45, 2.75) is 45.2 Å². The van der Waals surface area contributed by atoms with Crippen LogP contribution in [0, 0.1) is 0 Å². The lowest BCUT2D eigenvalue weighted by molar-refractivity contribution is -0.123. The Morgan fingerprint density at radius 3 is 2.54 bits per heavy atom. The largest absolute Gasteiger partial charge is 0.484 e. The van der Waals surface area contributed by atoms with Gasteiger partial charge >= 0.3 is 0 Å². The van der Waals surface area contributed by atoms with Crippen molar-refractivity contribution in [1.29, 1.82) is 0 Å². The molecule has 37 heavy (non-hydrogen) atoms. The average Bonchev–Trinajstić information content (AvgIpc) is 3.62. The van der Waals surface area contributed by atoms with Crippen molar-refractivity contribution in [2.75, 3.05) is 13.2 Å². The SMILES string of the molecule is CC(C)n1ncc2c(C(=O)NCCc3ccc(OCC(=O)NC4CC4)cc3)cc(-c3ccccc3)nc21. The zero-order valence-electron chi connectivity index (χ0n) is 21.1. The molecule has 0 saturated heterocycles. The Labute approximate surface area is 216 Å². The molecule has 2 heterocycles. The molecule has 0 atom stereocenters. The second-order valence-corrected chi connectivity index (χ2v) is 9.62. The van der Waals surface area contributed by atoms with Crippen LogP contribution in [-0.4, -0.2) is 45.8 Å². The highest BCUT2D eigenvalue weighted by Gasteiger charge is 2.23. The third-order valence-electron chi connectivity index (χ3n) is 6.31. The summed E-state index contributed by atoms with van der Waals surface area (Å²) in [5.41, 5.74) is 4.00. The van der Waals surface area contributed by atoms with Crippen molar-refractivity contribution in [3.8, 4) is 17.0 Å². The van der Waals surface area contributed by atoms with Gasteiger partial charge in [0.25, 0.3) is 11.8 Å². The molecule has 0 bridgehead atoms. The third-order valence-corrected chi connectivity index (χ3v) is 6.31. The summed E-state index contributed by atoms with van der Waals surface area (Å²) in [6.45, 7) is 4.58. The molecule has 0 radical (unpaired) electrons. The number of pyridine rings is 1. The van der Waals surface area contributed by atoms with Crippen LogP contribution in [0.3, 0.4) is 0 Å². The second kappa shape index (κ2) is 10.8. The maximum Gasteiger partial charge on any atom is 0.258 e. The van der Waals surface area contributed by atoms with Gasteiger partial charge in [0.05, 0.1) is 22.8 Å². The Morgan fingerprint density at radius 2 is 1.84 bits per heavy atom. The van der Waals surface area contributed by atoms with Crippen LogP contribution in [0.1, 0.15) is 48.7 Å². The molecular formula is C29H31N5O3. The Morgan fingerprint density at radius 1 is 1.08 bits per heavy atom. The Bertz CT molecular complexity index is 1390. The molecule has 190 valence electrons. The monoisotopic (exact) mass is 497 g/mol. The maximum absolute atomic E-state index is 13.3. The van der Waals surface area contributed by atoms with E-state index in [2.05, 4.69) is 15.7 Å². The number of nitrogens with one attached hydrogen (secondary N) is 2. The van der Waals surface area contributed by atoms with E-state index in [-0.39, 0.29) is 24.5 Å². The maximum atomic E-state index is 13.3. The van der Waals surface area contributed by atoms with E-state index < -0.39 is 0 Å².